The molecule has 0 aliphatic heterocycles. The number of carboxylic acids is 2. The van der Waals surface area contributed by atoms with Crippen molar-refractivity contribution in [2.24, 2.45) is 23.7 Å². The lowest BCUT2D eigenvalue weighted by Crippen LogP contribution is -2.51. The van der Waals surface area contributed by atoms with Gasteiger partial charge in [0.15, 0.2) is 0 Å². The van der Waals surface area contributed by atoms with Crippen molar-refractivity contribution in [3.8, 4) is 0 Å². The molecule has 6 aliphatic rings. The highest BCUT2D eigenvalue weighted by Crippen LogP contribution is 2.39. The van der Waals surface area contributed by atoms with Crippen molar-refractivity contribution in [1.29, 1.82) is 0 Å². The molecule has 0 bridgehead atoms. The van der Waals surface area contributed by atoms with Gasteiger partial charge in [-0.1, -0.05) is 0 Å². The zero-order valence-corrected chi connectivity index (χ0v) is 34.9. The van der Waals surface area contributed by atoms with Crippen LogP contribution in [0.5, 0.6) is 0 Å². The van der Waals surface area contributed by atoms with E-state index in [4.69, 9.17) is 65.5 Å². The lowest BCUT2D eigenvalue weighted by atomic mass is 9.77. The number of hydrogen-bond acceptors (Lipinski definition) is 8. The molecule has 15 heteroatoms. The average Bonchev–Trinajstić information content (AvgIpc) is 3.16. The van der Waals surface area contributed by atoms with Crippen molar-refractivity contribution < 1.29 is 43.6 Å². The lowest BCUT2D eigenvalue weighted by Gasteiger charge is -2.38. The zero-order chi connectivity index (χ0) is 39.1. The molecule has 8 unspecified atom stereocenters. The van der Waals surface area contributed by atoms with Crippen molar-refractivity contribution >= 4 is 64.2 Å². The monoisotopic (exact) mass is 854 g/mol. The summed E-state index contributed by atoms with van der Waals surface area (Å²) in [5.74, 6) is -5.05. The Morgan fingerprint density at radius 1 is 0.455 bits per heavy atom. The van der Waals surface area contributed by atoms with E-state index in [1.165, 1.54) is 0 Å². The summed E-state index contributed by atoms with van der Waals surface area (Å²) in [6.45, 7) is 0.240. The number of ether oxygens (including phenoxy) is 3. The summed E-state index contributed by atoms with van der Waals surface area (Å²) in [7, 11) is 0. The maximum Gasteiger partial charge on any atom is 0.308 e. The largest absolute Gasteiger partial charge is 0.481 e. The van der Waals surface area contributed by atoms with Gasteiger partial charge in [-0.3, -0.25) is 14.4 Å². The Balaban J connectivity index is 0.799. The van der Waals surface area contributed by atoms with Gasteiger partial charge in [0.2, 0.25) is 5.91 Å². The molecular weight excluding hydrogens is 794 g/mol. The van der Waals surface area contributed by atoms with Crippen LogP contribution in [0.2, 0.25) is 0 Å². The SMILES string of the molecule is O=C(O)C1C(Cl)CCC(Cl)C1CONC1CCC(OC2CCC(OC3CCC(OC4CCC(NC(=O)C5C(Cl)CCC(Cl)C5C(=O)O)CC4)CC3)CC2)CC1. The average molecular weight is 857 g/mol. The van der Waals surface area contributed by atoms with Gasteiger partial charge >= 0.3 is 11.9 Å². The maximum absolute atomic E-state index is 13.1. The van der Waals surface area contributed by atoms with Gasteiger partial charge in [0.1, 0.15) is 0 Å². The number of halogens is 4. The number of rotatable bonds is 14. The number of nitrogens with one attached hydrogen (secondary N) is 2. The fourth-order valence-electron chi connectivity index (χ4n) is 10.2. The molecule has 6 rings (SSSR count). The number of carbonyl (C=O) groups excluding carboxylic acids is 1. The highest BCUT2D eigenvalue weighted by atomic mass is 35.5. The molecule has 0 aromatic heterocycles. The van der Waals surface area contributed by atoms with Crippen LogP contribution in [0.15, 0.2) is 0 Å². The Kier molecular flexibility index (Phi) is 16.8. The molecule has 0 saturated heterocycles. The van der Waals surface area contributed by atoms with Crippen LogP contribution in [0.1, 0.15) is 128 Å². The van der Waals surface area contributed by atoms with E-state index in [2.05, 4.69) is 10.8 Å². The van der Waals surface area contributed by atoms with E-state index in [9.17, 15) is 24.6 Å². The van der Waals surface area contributed by atoms with Crippen LogP contribution in [0, 0.1) is 23.7 Å². The van der Waals surface area contributed by atoms with Gasteiger partial charge in [-0.05, 0) is 128 Å². The predicted octanol–water partition coefficient (Wildman–Crippen LogP) is 7.57. The second kappa shape index (κ2) is 21.1. The number of amides is 1. The summed E-state index contributed by atoms with van der Waals surface area (Å²) in [4.78, 5) is 42.6. The molecule has 8 atom stereocenters. The summed E-state index contributed by atoms with van der Waals surface area (Å²) < 4.78 is 19.7. The van der Waals surface area contributed by atoms with Crippen molar-refractivity contribution in [3.63, 3.8) is 0 Å². The van der Waals surface area contributed by atoms with Crippen molar-refractivity contribution in [2.45, 2.75) is 199 Å². The third-order valence-corrected chi connectivity index (χ3v) is 15.4. The number of aliphatic carboxylic acids is 2. The zero-order valence-electron chi connectivity index (χ0n) is 31.9. The van der Waals surface area contributed by atoms with Crippen molar-refractivity contribution in [2.75, 3.05) is 6.61 Å². The van der Waals surface area contributed by atoms with Crippen LogP contribution in [-0.4, -0.2) is 105 Å². The number of hydroxylamine groups is 1. The van der Waals surface area contributed by atoms with E-state index in [1.807, 2.05) is 0 Å². The molecule has 6 fully saturated rings. The molecule has 314 valence electrons. The Morgan fingerprint density at radius 3 is 1.22 bits per heavy atom. The second-order valence-electron chi connectivity index (χ2n) is 17.2. The van der Waals surface area contributed by atoms with Crippen LogP contribution < -0.4 is 10.8 Å². The molecule has 1 amide bonds. The fourth-order valence-corrected chi connectivity index (χ4v) is 11.7. The van der Waals surface area contributed by atoms with Gasteiger partial charge in [-0.15, -0.1) is 46.4 Å². The highest BCUT2D eigenvalue weighted by molar-refractivity contribution is 6.25. The van der Waals surface area contributed by atoms with Crippen LogP contribution in [-0.2, 0) is 33.4 Å². The normalized spacial score (nSPS) is 43.0. The number of carboxylic acid groups (broad SMARTS) is 2. The summed E-state index contributed by atoms with van der Waals surface area (Å²) in [5.41, 5.74) is 3.17. The number of alkyl halides is 4. The van der Waals surface area contributed by atoms with Crippen molar-refractivity contribution in [3.05, 3.63) is 0 Å². The number of carbonyl (C=O) groups is 3. The molecule has 6 aliphatic carbocycles. The topological polar surface area (TPSA) is 153 Å². The molecule has 6 saturated carbocycles. The van der Waals surface area contributed by atoms with Crippen molar-refractivity contribution in [1.82, 2.24) is 10.8 Å². The maximum atomic E-state index is 13.1. The fraction of sp³-hybridized carbons (Fsp3) is 0.925. The van der Waals surface area contributed by atoms with Crippen LogP contribution >= 0.6 is 46.4 Å². The smallest absolute Gasteiger partial charge is 0.308 e. The van der Waals surface area contributed by atoms with Gasteiger partial charge in [-0.2, -0.15) is 5.48 Å². The summed E-state index contributed by atoms with van der Waals surface area (Å²) in [6, 6.07) is 0.216. The molecule has 0 spiro atoms. The van der Waals surface area contributed by atoms with E-state index in [0.717, 1.165) is 103 Å². The van der Waals surface area contributed by atoms with Gasteiger partial charge < -0.3 is 34.6 Å². The van der Waals surface area contributed by atoms with E-state index >= 15 is 0 Å². The van der Waals surface area contributed by atoms with E-state index in [-0.39, 0.29) is 66.4 Å². The second-order valence-corrected chi connectivity index (χ2v) is 19.5. The molecule has 11 nitrogen and oxygen atoms in total. The highest BCUT2D eigenvalue weighted by Gasteiger charge is 2.47. The molecule has 0 aromatic rings. The van der Waals surface area contributed by atoms with Crippen LogP contribution in [0.3, 0.4) is 0 Å². The first-order chi connectivity index (χ1) is 26.4. The summed E-state index contributed by atoms with van der Waals surface area (Å²) in [5, 5.41) is 20.7. The van der Waals surface area contributed by atoms with E-state index < -0.39 is 45.8 Å². The lowest BCUT2D eigenvalue weighted by molar-refractivity contribution is -0.148. The van der Waals surface area contributed by atoms with Crippen LogP contribution in [0.25, 0.3) is 0 Å². The first kappa shape index (κ1) is 43.9. The predicted molar refractivity (Wildman–Crippen MR) is 211 cm³/mol. The minimum absolute atomic E-state index is 0.00144. The van der Waals surface area contributed by atoms with Crippen LogP contribution in [0.4, 0.5) is 0 Å². The standard InChI is InChI=1S/C40H62Cl4N2O9/c41-31-17-18-32(42)35(39(48)49)30(31)21-52-46-23-3-7-25(8-4-23)54-27-11-15-29(16-12-27)55-28-13-9-26(10-14-28)53-24-5-1-22(2-6-24)45-38(47)36-33(43)19-20-34(44)37(36)40(50)51/h22-37,46H,1-21H2,(H,45,47)(H,48,49)(H,50,51). The molecular formula is C40H62Cl4N2O9. The quantitative estimate of drug-likeness (QED) is 0.102. The molecule has 4 N–H and O–H groups in total. The molecule has 55 heavy (non-hydrogen) atoms. The van der Waals surface area contributed by atoms with E-state index in [0.29, 0.717) is 31.8 Å². The van der Waals surface area contributed by atoms with Gasteiger partial charge in [0.25, 0.3) is 0 Å². The minimum Gasteiger partial charge on any atom is -0.481 e. The number of hydrogen-bond donors (Lipinski definition) is 4. The van der Waals surface area contributed by atoms with Gasteiger partial charge in [-0.25, -0.2) is 0 Å². The van der Waals surface area contributed by atoms with E-state index in [1.54, 1.807) is 0 Å². The Labute approximate surface area is 346 Å². The first-order valence-corrected chi connectivity index (χ1v) is 22.9. The Hall–Kier alpha value is -0.630. The molecule has 0 aromatic carbocycles. The summed E-state index contributed by atoms with van der Waals surface area (Å²) >= 11 is 25.5. The molecule has 0 heterocycles. The van der Waals surface area contributed by atoms with Gasteiger partial charge in [0.05, 0.1) is 61.0 Å². The Bertz CT molecular complexity index is 1240. The van der Waals surface area contributed by atoms with Gasteiger partial charge in [0, 0.05) is 39.5 Å². The third-order valence-electron chi connectivity index (χ3n) is 13.4. The minimum atomic E-state index is -1.06. The summed E-state index contributed by atoms with van der Waals surface area (Å²) in [6.07, 6.45) is 19.2. The third kappa shape index (κ3) is 12.2. The Morgan fingerprint density at radius 2 is 0.800 bits per heavy atom. The first-order valence-electron chi connectivity index (χ1n) is 21.1. The molecule has 0 radical (unpaired) electrons.